The summed E-state index contributed by atoms with van der Waals surface area (Å²) in [7, 11) is -4.68. The zero-order chi connectivity index (χ0) is 29.6. The summed E-state index contributed by atoms with van der Waals surface area (Å²) in [4.78, 5) is 11.1. The van der Waals surface area contributed by atoms with Crippen molar-refractivity contribution in [3.63, 3.8) is 0 Å². The number of halogens is 7. The molecule has 1 atom stereocenters. The van der Waals surface area contributed by atoms with Crippen LogP contribution in [0.15, 0.2) is 65.6 Å². The van der Waals surface area contributed by atoms with Gasteiger partial charge in [-0.15, -0.1) is 0 Å². The molecular weight excluding hydrogens is 584 g/mol. The summed E-state index contributed by atoms with van der Waals surface area (Å²) in [6.07, 6.45) is -8.23. The Bertz CT molecular complexity index is 1620. The molecule has 0 radical (unpaired) electrons. The maximum absolute atomic E-state index is 13.6. The lowest BCUT2D eigenvalue weighted by molar-refractivity contribution is -0.141. The normalized spacial score (nSPS) is 16.6. The second-order valence-corrected chi connectivity index (χ2v) is 11.4. The number of anilines is 1. The Morgan fingerprint density at radius 3 is 2.30 bits per heavy atom. The van der Waals surface area contributed by atoms with Crippen LogP contribution in [0.25, 0.3) is 11.6 Å². The number of carboxylic acid groups (broad SMARTS) is 1. The van der Waals surface area contributed by atoms with Crippen LogP contribution in [-0.4, -0.2) is 26.0 Å². The van der Waals surface area contributed by atoms with E-state index in [1.807, 2.05) is 0 Å². The molecule has 0 aromatic heterocycles. The van der Waals surface area contributed by atoms with E-state index in [9.17, 15) is 44.7 Å². The van der Waals surface area contributed by atoms with Gasteiger partial charge in [0.1, 0.15) is 0 Å². The number of aliphatic carboxylic acids is 1. The molecule has 3 aromatic rings. The van der Waals surface area contributed by atoms with E-state index >= 15 is 0 Å². The maximum Gasteiger partial charge on any atom is 0.417 e. The molecule has 212 valence electrons. The van der Waals surface area contributed by atoms with Crippen LogP contribution < -0.4 is 4.31 Å². The number of sulfonamides is 1. The summed E-state index contributed by atoms with van der Waals surface area (Å²) in [6.45, 7) is 0.837. The van der Waals surface area contributed by atoms with Gasteiger partial charge in [-0.3, -0.25) is 9.10 Å². The van der Waals surface area contributed by atoms with Gasteiger partial charge in [-0.2, -0.15) is 26.3 Å². The lowest BCUT2D eigenvalue weighted by Gasteiger charge is -2.34. The highest BCUT2D eigenvalue weighted by molar-refractivity contribution is 7.92. The van der Waals surface area contributed by atoms with Crippen LogP contribution in [0.3, 0.4) is 0 Å². The number of nitrogens with zero attached hydrogens (tertiary/aromatic N) is 1. The molecule has 1 heterocycles. The first-order chi connectivity index (χ1) is 18.5. The van der Waals surface area contributed by atoms with Crippen LogP contribution in [-0.2, 0) is 33.6 Å². The van der Waals surface area contributed by atoms with Gasteiger partial charge in [0.25, 0.3) is 10.0 Å². The van der Waals surface area contributed by atoms with Gasteiger partial charge >= 0.3 is 18.3 Å². The van der Waals surface area contributed by atoms with E-state index in [-0.39, 0.29) is 39.4 Å². The van der Waals surface area contributed by atoms with E-state index in [1.165, 1.54) is 37.3 Å². The Morgan fingerprint density at radius 1 is 1.00 bits per heavy atom. The zero-order valence-corrected chi connectivity index (χ0v) is 22.1. The van der Waals surface area contributed by atoms with E-state index in [0.717, 1.165) is 28.6 Å². The fourth-order valence-electron chi connectivity index (χ4n) is 4.54. The molecule has 1 unspecified atom stereocenters. The van der Waals surface area contributed by atoms with Gasteiger partial charge in [0.05, 0.1) is 27.6 Å². The first-order valence-electron chi connectivity index (χ1n) is 11.6. The zero-order valence-electron chi connectivity index (χ0n) is 20.5. The van der Waals surface area contributed by atoms with Crippen LogP contribution in [0, 0.1) is 5.92 Å². The smallest absolute Gasteiger partial charge is 0.417 e. The van der Waals surface area contributed by atoms with Gasteiger partial charge < -0.3 is 5.11 Å². The number of carboxylic acids is 1. The van der Waals surface area contributed by atoms with Gasteiger partial charge in [-0.25, -0.2) is 8.42 Å². The Hall–Kier alpha value is -3.51. The first kappa shape index (κ1) is 29.5. The fourth-order valence-corrected chi connectivity index (χ4v) is 6.45. The van der Waals surface area contributed by atoms with Crippen LogP contribution >= 0.6 is 11.6 Å². The molecule has 1 aliphatic rings. The number of alkyl halides is 6. The number of fused-ring (bicyclic) bond motifs is 1. The Morgan fingerprint density at radius 2 is 1.68 bits per heavy atom. The highest BCUT2D eigenvalue weighted by atomic mass is 35.5. The Labute approximate surface area is 230 Å². The molecule has 0 fully saturated rings. The van der Waals surface area contributed by atoms with Crippen molar-refractivity contribution in [2.75, 3.05) is 10.8 Å². The van der Waals surface area contributed by atoms with E-state index in [4.69, 9.17) is 11.6 Å². The average Bonchev–Trinajstić information content (AvgIpc) is 2.86. The fraction of sp³-hybridized carbons (Fsp3) is 0.222. The van der Waals surface area contributed by atoms with Crippen molar-refractivity contribution >= 4 is 44.9 Å². The summed E-state index contributed by atoms with van der Waals surface area (Å²) >= 11 is 6.09. The van der Waals surface area contributed by atoms with Crippen LogP contribution in [0.1, 0.15) is 34.7 Å². The van der Waals surface area contributed by atoms with Gasteiger partial charge in [-0.1, -0.05) is 41.9 Å². The van der Waals surface area contributed by atoms with Gasteiger partial charge in [0.15, 0.2) is 0 Å². The molecule has 4 rings (SSSR count). The third kappa shape index (κ3) is 5.83. The summed E-state index contributed by atoms with van der Waals surface area (Å²) < 4.78 is 109. The molecule has 1 aliphatic heterocycles. The first-order valence-corrected chi connectivity index (χ1v) is 13.4. The van der Waals surface area contributed by atoms with Gasteiger partial charge in [0.2, 0.25) is 0 Å². The van der Waals surface area contributed by atoms with Crippen molar-refractivity contribution in [3.8, 4) is 0 Å². The minimum Gasteiger partial charge on any atom is -0.481 e. The summed E-state index contributed by atoms with van der Waals surface area (Å²) in [6, 6.07) is 10.7. The highest BCUT2D eigenvalue weighted by Crippen LogP contribution is 2.40. The molecule has 0 spiro atoms. The van der Waals surface area contributed by atoms with E-state index in [0.29, 0.717) is 12.1 Å². The van der Waals surface area contributed by atoms with Gasteiger partial charge in [0, 0.05) is 17.1 Å². The summed E-state index contributed by atoms with van der Waals surface area (Å²) in [5.41, 5.74) is -1.76. The maximum atomic E-state index is 13.6. The number of allylic oxidation sites excluding steroid dienone is 1. The predicted octanol–water partition coefficient (Wildman–Crippen LogP) is 7.39. The van der Waals surface area contributed by atoms with Crippen molar-refractivity contribution in [1.82, 2.24) is 0 Å². The number of hydrogen-bond acceptors (Lipinski definition) is 3. The largest absolute Gasteiger partial charge is 0.481 e. The average molecular weight is 604 g/mol. The molecule has 1 N–H and O–H groups in total. The highest BCUT2D eigenvalue weighted by Gasteiger charge is 2.38. The third-order valence-electron chi connectivity index (χ3n) is 6.43. The topological polar surface area (TPSA) is 74.7 Å². The monoisotopic (exact) mass is 603 g/mol. The van der Waals surface area contributed by atoms with Crippen molar-refractivity contribution in [2.45, 2.75) is 30.6 Å². The van der Waals surface area contributed by atoms with Crippen molar-refractivity contribution < 1.29 is 44.7 Å². The molecule has 5 nitrogen and oxygen atoms in total. The molecule has 0 saturated carbocycles. The summed E-state index contributed by atoms with van der Waals surface area (Å²) in [5, 5.41) is 9.45. The molecule has 0 aliphatic carbocycles. The number of hydrogen-bond donors (Lipinski definition) is 1. The molecule has 0 amide bonds. The summed E-state index contributed by atoms with van der Waals surface area (Å²) in [5.74, 6) is -2.48. The standard InChI is InChI=1S/C27H20ClF6NO4S/c1-15(24-21(27(32,33)34)6-3-7-22(24)28)10-16-8-9-17-12-18(25(36)37)14-35(23(17)11-16)40(38,39)20-5-2-4-19(13-20)26(29,30)31/h2-11,13,18H,12,14H2,1H3,(H,36,37). The van der Waals surface area contributed by atoms with E-state index in [1.54, 1.807) is 0 Å². The second kappa shape index (κ2) is 10.5. The van der Waals surface area contributed by atoms with E-state index < -0.39 is 56.8 Å². The molecule has 3 aromatic carbocycles. The number of rotatable bonds is 5. The molecule has 0 saturated heterocycles. The van der Waals surface area contributed by atoms with Crippen molar-refractivity contribution in [2.24, 2.45) is 5.92 Å². The third-order valence-corrected chi connectivity index (χ3v) is 8.52. The minimum atomic E-state index is -4.82. The van der Waals surface area contributed by atoms with Crippen LogP contribution in [0.4, 0.5) is 32.0 Å². The molecule has 0 bridgehead atoms. The lowest BCUT2D eigenvalue weighted by Crippen LogP contribution is -2.42. The Balaban J connectivity index is 1.84. The van der Waals surface area contributed by atoms with E-state index in [2.05, 4.69) is 0 Å². The SMILES string of the molecule is CC(=Cc1ccc2c(c1)N(S(=O)(=O)c1cccc(C(F)(F)F)c1)CC(C(=O)O)C2)c1c(Cl)cccc1C(F)(F)F. The van der Waals surface area contributed by atoms with Crippen LogP contribution in [0.5, 0.6) is 0 Å². The number of benzene rings is 3. The molecule has 13 heteroatoms. The second-order valence-electron chi connectivity index (χ2n) is 9.18. The minimum absolute atomic E-state index is 0.00617. The molecule has 40 heavy (non-hydrogen) atoms. The van der Waals surface area contributed by atoms with Crippen molar-refractivity contribution in [1.29, 1.82) is 0 Å². The van der Waals surface area contributed by atoms with Gasteiger partial charge in [-0.05, 0) is 66.4 Å². The molecular formula is C27H20ClF6NO4S. The quantitative estimate of drug-likeness (QED) is 0.244. The van der Waals surface area contributed by atoms with Crippen molar-refractivity contribution in [3.05, 3.63) is 93.5 Å². The Kier molecular flexibility index (Phi) is 7.72. The lowest BCUT2D eigenvalue weighted by atomic mass is 9.92. The predicted molar refractivity (Wildman–Crippen MR) is 137 cm³/mol. The number of carbonyl (C=O) groups is 1. The van der Waals surface area contributed by atoms with Crippen LogP contribution in [0.2, 0.25) is 5.02 Å².